The monoisotopic (exact) mass is 451 g/mol. The number of likely N-dealkylation sites (N-methyl/N-ethyl adjacent to an activating group) is 2. The number of benzene rings is 1. The van der Waals surface area contributed by atoms with E-state index in [0.717, 1.165) is 20.9 Å². The van der Waals surface area contributed by atoms with Crippen molar-refractivity contribution < 1.29 is 4.79 Å². The van der Waals surface area contributed by atoms with Gasteiger partial charge in [0, 0.05) is 35.7 Å². The zero-order valence-corrected chi connectivity index (χ0v) is 17.4. The highest BCUT2D eigenvalue weighted by Gasteiger charge is 2.16. The molecule has 0 spiro atoms. The molecule has 0 atom stereocenters. The molecule has 0 aliphatic heterocycles. The van der Waals surface area contributed by atoms with Crippen LogP contribution in [0.2, 0.25) is 0 Å². The summed E-state index contributed by atoms with van der Waals surface area (Å²) in [4.78, 5) is 19.6. The number of nitrogens with one attached hydrogen (secondary N) is 1. The van der Waals surface area contributed by atoms with Gasteiger partial charge in [0.1, 0.15) is 5.03 Å². The Morgan fingerprint density at radius 3 is 2.58 bits per heavy atom. The van der Waals surface area contributed by atoms with E-state index >= 15 is 0 Å². The van der Waals surface area contributed by atoms with E-state index in [1.807, 2.05) is 50.5 Å². The van der Waals surface area contributed by atoms with Crippen LogP contribution in [-0.4, -0.2) is 43.0 Å². The predicted molar refractivity (Wildman–Crippen MR) is 108 cm³/mol. The third-order valence-electron chi connectivity index (χ3n) is 3.08. The largest absolute Gasteiger partial charge is 0.340 e. The molecule has 0 saturated heterocycles. The zero-order chi connectivity index (χ0) is 15.9. The Kier molecular flexibility index (Phi) is 11.3. The molecule has 0 fully saturated rings. The fraction of sp³-hybridized carbons (Fsp3) is 0.250. The third-order valence-corrected chi connectivity index (χ3v) is 4.57. The molecule has 4 nitrogen and oxygen atoms in total. The van der Waals surface area contributed by atoms with E-state index in [0.29, 0.717) is 12.1 Å². The van der Waals surface area contributed by atoms with Gasteiger partial charge in [0.05, 0.1) is 5.56 Å². The fourth-order valence-electron chi connectivity index (χ4n) is 1.85. The summed E-state index contributed by atoms with van der Waals surface area (Å²) in [5.41, 5.74) is 0.704. The van der Waals surface area contributed by atoms with Gasteiger partial charge in [0.2, 0.25) is 0 Å². The first kappa shape index (κ1) is 23.2. The van der Waals surface area contributed by atoms with Gasteiger partial charge in [-0.25, -0.2) is 4.98 Å². The summed E-state index contributed by atoms with van der Waals surface area (Å²) >= 11 is 4.87. The van der Waals surface area contributed by atoms with Crippen LogP contribution in [0.15, 0.2) is 57.0 Å². The highest BCUT2D eigenvalue weighted by atomic mass is 79.9. The normalized spacial score (nSPS) is 9.62. The molecule has 2 aromatic rings. The van der Waals surface area contributed by atoms with Gasteiger partial charge in [-0.2, -0.15) is 0 Å². The lowest BCUT2D eigenvalue weighted by molar-refractivity contribution is 0.0793. The second-order valence-electron chi connectivity index (χ2n) is 4.74. The highest BCUT2D eigenvalue weighted by Crippen LogP contribution is 2.30. The molecular weight excluding hydrogens is 433 g/mol. The molecule has 0 radical (unpaired) electrons. The first-order chi connectivity index (χ1) is 10.6. The second kappa shape index (κ2) is 11.7. The Morgan fingerprint density at radius 1 is 1.25 bits per heavy atom. The van der Waals surface area contributed by atoms with E-state index in [1.165, 1.54) is 11.8 Å². The number of carbonyl (C=O) groups excluding carboxylic acids is 1. The van der Waals surface area contributed by atoms with Gasteiger partial charge >= 0.3 is 0 Å². The molecule has 0 saturated carbocycles. The number of nitrogens with zero attached hydrogens (tertiary/aromatic N) is 2. The van der Waals surface area contributed by atoms with Crippen LogP contribution >= 0.6 is 52.5 Å². The second-order valence-corrected chi connectivity index (χ2v) is 6.72. The Bertz CT molecular complexity index is 643. The SMILES string of the molecule is CNCCN(C)C(=O)c1ccccc1Sc1ccc(Br)cn1.Cl.Cl. The van der Waals surface area contributed by atoms with Crippen LogP contribution in [0.25, 0.3) is 0 Å². The molecule has 1 aromatic carbocycles. The van der Waals surface area contributed by atoms with Gasteiger partial charge in [0.15, 0.2) is 0 Å². The average Bonchev–Trinajstić information content (AvgIpc) is 2.54. The van der Waals surface area contributed by atoms with Crippen molar-refractivity contribution >= 4 is 58.4 Å². The van der Waals surface area contributed by atoms with E-state index in [4.69, 9.17) is 0 Å². The molecule has 132 valence electrons. The molecular formula is C16H20BrCl2N3OS. The van der Waals surface area contributed by atoms with Crippen LogP contribution in [0.1, 0.15) is 10.4 Å². The van der Waals surface area contributed by atoms with E-state index in [9.17, 15) is 4.79 Å². The lowest BCUT2D eigenvalue weighted by Crippen LogP contribution is -2.33. The summed E-state index contributed by atoms with van der Waals surface area (Å²) in [5, 5.41) is 3.91. The third kappa shape index (κ3) is 6.61. The van der Waals surface area contributed by atoms with E-state index in [2.05, 4.69) is 26.2 Å². The number of halogens is 3. The average molecular weight is 453 g/mol. The number of pyridine rings is 1. The van der Waals surface area contributed by atoms with Crippen molar-refractivity contribution in [3.8, 4) is 0 Å². The summed E-state index contributed by atoms with van der Waals surface area (Å²) in [6.45, 7) is 1.44. The smallest absolute Gasteiger partial charge is 0.254 e. The van der Waals surface area contributed by atoms with Crippen molar-refractivity contribution in [1.29, 1.82) is 0 Å². The van der Waals surface area contributed by atoms with Crippen LogP contribution in [0.4, 0.5) is 0 Å². The van der Waals surface area contributed by atoms with Crippen molar-refractivity contribution in [1.82, 2.24) is 15.2 Å². The first-order valence-electron chi connectivity index (χ1n) is 6.90. The van der Waals surface area contributed by atoms with Crippen LogP contribution in [0.5, 0.6) is 0 Å². The molecule has 0 aliphatic carbocycles. The minimum Gasteiger partial charge on any atom is -0.340 e. The minimum absolute atomic E-state index is 0. The van der Waals surface area contributed by atoms with Crippen molar-refractivity contribution in [3.63, 3.8) is 0 Å². The maximum atomic E-state index is 12.6. The minimum atomic E-state index is 0. The molecule has 1 amide bonds. The summed E-state index contributed by atoms with van der Waals surface area (Å²) in [7, 11) is 3.69. The predicted octanol–water partition coefficient (Wildman–Crippen LogP) is 4.13. The van der Waals surface area contributed by atoms with Gasteiger partial charge in [0.25, 0.3) is 5.91 Å². The van der Waals surface area contributed by atoms with Gasteiger partial charge < -0.3 is 10.2 Å². The maximum Gasteiger partial charge on any atom is 0.254 e. The van der Waals surface area contributed by atoms with Crippen LogP contribution in [0.3, 0.4) is 0 Å². The number of carbonyl (C=O) groups is 1. The van der Waals surface area contributed by atoms with Crippen LogP contribution < -0.4 is 5.32 Å². The summed E-state index contributed by atoms with van der Waals surface area (Å²) in [6.07, 6.45) is 1.76. The Balaban J connectivity index is 0.00000264. The quantitative estimate of drug-likeness (QED) is 0.715. The lowest BCUT2D eigenvalue weighted by Gasteiger charge is -2.18. The topological polar surface area (TPSA) is 45.2 Å². The fourth-order valence-corrected chi connectivity index (χ4v) is 2.97. The van der Waals surface area contributed by atoms with Gasteiger partial charge in [-0.15, -0.1) is 24.8 Å². The lowest BCUT2D eigenvalue weighted by atomic mass is 10.2. The number of aromatic nitrogens is 1. The van der Waals surface area contributed by atoms with Crippen molar-refractivity contribution in [3.05, 3.63) is 52.6 Å². The van der Waals surface area contributed by atoms with Gasteiger partial charge in [-0.05, 0) is 47.2 Å². The molecule has 8 heteroatoms. The number of hydrogen-bond acceptors (Lipinski definition) is 4. The Labute approximate surface area is 167 Å². The van der Waals surface area contributed by atoms with E-state index < -0.39 is 0 Å². The first-order valence-corrected chi connectivity index (χ1v) is 8.51. The number of amides is 1. The van der Waals surface area contributed by atoms with Crippen molar-refractivity contribution in [2.24, 2.45) is 0 Å². The van der Waals surface area contributed by atoms with Crippen molar-refractivity contribution in [2.75, 3.05) is 27.2 Å². The van der Waals surface area contributed by atoms with Crippen molar-refractivity contribution in [2.45, 2.75) is 9.92 Å². The number of hydrogen-bond donors (Lipinski definition) is 1. The molecule has 1 heterocycles. The summed E-state index contributed by atoms with van der Waals surface area (Å²) in [6, 6.07) is 11.5. The Morgan fingerprint density at radius 2 is 1.96 bits per heavy atom. The summed E-state index contributed by atoms with van der Waals surface area (Å²) < 4.78 is 0.938. The molecule has 1 aromatic heterocycles. The molecule has 0 bridgehead atoms. The van der Waals surface area contributed by atoms with Gasteiger partial charge in [-0.1, -0.05) is 23.9 Å². The van der Waals surface area contributed by atoms with E-state index in [1.54, 1.807) is 11.1 Å². The molecule has 0 aliphatic rings. The zero-order valence-electron chi connectivity index (χ0n) is 13.4. The summed E-state index contributed by atoms with van der Waals surface area (Å²) in [5.74, 6) is 0.0236. The van der Waals surface area contributed by atoms with Gasteiger partial charge in [-0.3, -0.25) is 4.79 Å². The molecule has 2 rings (SSSR count). The Hall–Kier alpha value is -0.790. The van der Waals surface area contributed by atoms with Crippen LogP contribution in [0, 0.1) is 0 Å². The highest BCUT2D eigenvalue weighted by molar-refractivity contribution is 9.10. The number of rotatable bonds is 6. The molecule has 0 unspecified atom stereocenters. The molecule has 1 N–H and O–H groups in total. The maximum absolute atomic E-state index is 12.6. The van der Waals surface area contributed by atoms with Crippen LogP contribution in [-0.2, 0) is 0 Å². The van der Waals surface area contributed by atoms with E-state index in [-0.39, 0.29) is 30.7 Å². The molecule has 24 heavy (non-hydrogen) atoms. The standard InChI is InChI=1S/C16H18BrN3OS.2ClH/c1-18-9-10-20(2)16(21)13-5-3-4-6-14(13)22-15-8-7-12(17)11-19-15;;/h3-8,11,18H,9-10H2,1-2H3;2*1H.